The number of hydrogen-bond donors (Lipinski definition) is 2. The third kappa shape index (κ3) is 3.55. The lowest BCUT2D eigenvalue weighted by molar-refractivity contribution is 0.0697. The fourth-order valence-electron chi connectivity index (χ4n) is 1.86. The van der Waals surface area contributed by atoms with Gasteiger partial charge in [-0.05, 0) is 29.2 Å². The Kier molecular flexibility index (Phi) is 4.23. The fourth-order valence-corrected chi connectivity index (χ4v) is 2.69. The summed E-state index contributed by atoms with van der Waals surface area (Å²) in [5.74, 6) is -1.04. The number of carboxylic acid groups (broad SMARTS) is 1. The van der Waals surface area contributed by atoms with Crippen LogP contribution in [-0.2, 0) is 5.41 Å². The van der Waals surface area contributed by atoms with Crippen molar-refractivity contribution < 1.29 is 9.90 Å². The topological polar surface area (TPSA) is 76.2 Å². The number of rotatable bonds is 3. The summed E-state index contributed by atoms with van der Waals surface area (Å²) in [7, 11) is 0. The van der Waals surface area contributed by atoms with Gasteiger partial charge in [-0.25, -0.2) is 9.78 Å². The molecule has 0 atom stereocenters. The molecule has 0 saturated carbocycles. The van der Waals surface area contributed by atoms with Gasteiger partial charge in [-0.3, -0.25) is 0 Å². The van der Waals surface area contributed by atoms with Crippen LogP contribution in [0.25, 0.3) is 0 Å². The molecule has 1 aromatic heterocycles. The molecule has 110 valence electrons. The Morgan fingerprint density at radius 2 is 1.81 bits per heavy atom. The van der Waals surface area contributed by atoms with Gasteiger partial charge in [-0.15, -0.1) is 0 Å². The first-order valence-corrected chi connectivity index (χ1v) is 7.37. The second-order valence-corrected chi connectivity index (χ2v) is 6.82. The fraction of sp³-hybridized carbons (Fsp3) is 0.250. The van der Waals surface area contributed by atoms with Crippen molar-refractivity contribution >= 4 is 23.4 Å². The molecule has 0 aliphatic carbocycles. The maximum atomic E-state index is 11.1. The van der Waals surface area contributed by atoms with Crippen molar-refractivity contribution in [3.8, 4) is 0 Å². The molecule has 0 fully saturated rings. The van der Waals surface area contributed by atoms with Crippen molar-refractivity contribution in [1.29, 1.82) is 0 Å². The van der Waals surface area contributed by atoms with Crippen molar-refractivity contribution in [3.63, 3.8) is 0 Å². The number of nitrogens with two attached hydrogens (primary N) is 1. The molecule has 0 spiro atoms. The van der Waals surface area contributed by atoms with E-state index in [-0.39, 0.29) is 16.7 Å². The van der Waals surface area contributed by atoms with Gasteiger partial charge in [-0.1, -0.05) is 44.7 Å². The molecule has 0 radical (unpaired) electrons. The molecular formula is C16H18N2O2S. The molecule has 0 saturated heterocycles. The molecule has 1 aromatic carbocycles. The molecule has 0 aliphatic heterocycles. The van der Waals surface area contributed by atoms with Gasteiger partial charge in [0.25, 0.3) is 0 Å². The first kappa shape index (κ1) is 15.4. The number of benzene rings is 1. The molecule has 3 N–H and O–H groups in total. The third-order valence-corrected chi connectivity index (χ3v) is 4.15. The van der Waals surface area contributed by atoms with Gasteiger partial charge in [0.05, 0.1) is 11.3 Å². The highest BCUT2D eigenvalue weighted by Crippen LogP contribution is 2.33. The van der Waals surface area contributed by atoms with E-state index >= 15 is 0 Å². The highest BCUT2D eigenvalue weighted by molar-refractivity contribution is 7.99. The highest BCUT2D eigenvalue weighted by Gasteiger charge is 2.15. The number of carbonyl (C=O) groups is 1. The van der Waals surface area contributed by atoms with E-state index in [1.54, 1.807) is 0 Å². The molecule has 0 aliphatic rings. The highest BCUT2D eigenvalue weighted by atomic mass is 32.2. The summed E-state index contributed by atoms with van der Waals surface area (Å²) in [6, 6.07) is 9.54. The maximum absolute atomic E-state index is 11.1. The molecule has 1 heterocycles. The van der Waals surface area contributed by atoms with E-state index in [2.05, 4.69) is 37.9 Å². The zero-order valence-corrected chi connectivity index (χ0v) is 13.1. The van der Waals surface area contributed by atoms with E-state index in [9.17, 15) is 4.79 Å². The average Bonchev–Trinajstić information content (AvgIpc) is 2.40. The minimum atomic E-state index is -1.04. The van der Waals surface area contributed by atoms with Crippen LogP contribution in [0.2, 0.25) is 0 Å². The Balaban J connectivity index is 2.27. The number of nitrogen functional groups attached to an aromatic ring is 1. The quantitative estimate of drug-likeness (QED) is 0.901. The van der Waals surface area contributed by atoms with Crippen molar-refractivity contribution in [1.82, 2.24) is 4.98 Å². The summed E-state index contributed by atoms with van der Waals surface area (Å²) >= 11 is 1.37. The SMILES string of the molecule is CC(C)(C)c1ccc(Sc2nccc(C(=O)O)c2N)cc1. The second-order valence-electron chi connectivity index (χ2n) is 5.76. The molecule has 2 aromatic rings. The summed E-state index contributed by atoms with van der Waals surface area (Å²) < 4.78 is 0. The van der Waals surface area contributed by atoms with Crippen molar-refractivity contribution in [2.24, 2.45) is 0 Å². The largest absolute Gasteiger partial charge is 0.478 e. The van der Waals surface area contributed by atoms with Gasteiger partial charge in [0.15, 0.2) is 0 Å². The Labute approximate surface area is 128 Å². The van der Waals surface area contributed by atoms with Crippen LogP contribution in [0.1, 0.15) is 36.7 Å². The van der Waals surface area contributed by atoms with E-state index in [1.165, 1.54) is 29.6 Å². The van der Waals surface area contributed by atoms with E-state index in [0.717, 1.165) is 4.90 Å². The Morgan fingerprint density at radius 1 is 1.19 bits per heavy atom. The minimum Gasteiger partial charge on any atom is -0.478 e. The molecule has 21 heavy (non-hydrogen) atoms. The van der Waals surface area contributed by atoms with Gasteiger partial charge in [-0.2, -0.15) is 0 Å². The number of anilines is 1. The third-order valence-electron chi connectivity index (χ3n) is 3.12. The smallest absolute Gasteiger partial charge is 0.337 e. The number of pyridine rings is 1. The van der Waals surface area contributed by atoms with Gasteiger partial charge in [0.1, 0.15) is 5.03 Å². The summed E-state index contributed by atoms with van der Waals surface area (Å²) in [5, 5.41) is 9.58. The van der Waals surface area contributed by atoms with Gasteiger partial charge < -0.3 is 10.8 Å². The van der Waals surface area contributed by atoms with Crippen LogP contribution >= 0.6 is 11.8 Å². The van der Waals surface area contributed by atoms with Crippen LogP contribution in [0.4, 0.5) is 5.69 Å². The number of hydrogen-bond acceptors (Lipinski definition) is 4. The van der Waals surface area contributed by atoms with E-state index in [0.29, 0.717) is 5.03 Å². The summed E-state index contributed by atoms with van der Waals surface area (Å²) in [6.45, 7) is 6.47. The molecule has 2 rings (SSSR count). The normalized spacial score (nSPS) is 11.4. The lowest BCUT2D eigenvalue weighted by Gasteiger charge is -2.19. The van der Waals surface area contributed by atoms with Crippen LogP contribution in [-0.4, -0.2) is 16.1 Å². The number of aromatic carboxylic acids is 1. The predicted octanol–water partition coefficient (Wildman–Crippen LogP) is 3.81. The standard InChI is InChI=1S/C16H18N2O2S/c1-16(2,3)10-4-6-11(7-5-10)21-14-13(17)12(15(19)20)8-9-18-14/h4-9H,17H2,1-3H3,(H,19,20). The van der Waals surface area contributed by atoms with Crippen molar-refractivity contribution in [2.75, 3.05) is 5.73 Å². The Hall–Kier alpha value is -2.01. The first-order chi connectivity index (χ1) is 9.79. The van der Waals surface area contributed by atoms with E-state index < -0.39 is 5.97 Å². The first-order valence-electron chi connectivity index (χ1n) is 6.55. The number of nitrogens with zero attached hydrogens (tertiary/aromatic N) is 1. The van der Waals surface area contributed by atoms with E-state index in [4.69, 9.17) is 10.8 Å². The second kappa shape index (κ2) is 5.77. The average molecular weight is 302 g/mol. The minimum absolute atomic E-state index is 0.0822. The van der Waals surface area contributed by atoms with Gasteiger partial charge in [0, 0.05) is 11.1 Å². The van der Waals surface area contributed by atoms with Crippen LogP contribution in [0, 0.1) is 0 Å². The van der Waals surface area contributed by atoms with Crippen molar-refractivity contribution in [2.45, 2.75) is 36.1 Å². The molecule has 0 unspecified atom stereocenters. The molecule has 0 amide bonds. The molecule has 0 bridgehead atoms. The lowest BCUT2D eigenvalue weighted by Crippen LogP contribution is -2.10. The van der Waals surface area contributed by atoms with Gasteiger partial charge >= 0.3 is 5.97 Å². The zero-order valence-electron chi connectivity index (χ0n) is 12.3. The molecular weight excluding hydrogens is 284 g/mol. The monoisotopic (exact) mass is 302 g/mol. The van der Waals surface area contributed by atoms with Crippen molar-refractivity contribution in [3.05, 3.63) is 47.7 Å². The van der Waals surface area contributed by atoms with Crippen LogP contribution in [0.15, 0.2) is 46.5 Å². The van der Waals surface area contributed by atoms with Crippen LogP contribution in [0.3, 0.4) is 0 Å². The number of aromatic nitrogens is 1. The Morgan fingerprint density at radius 3 is 2.33 bits per heavy atom. The van der Waals surface area contributed by atoms with Gasteiger partial charge in [0.2, 0.25) is 0 Å². The predicted molar refractivity (Wildman–Crippen MR) is 84.9 cm³/mol. The maximum Gasteiger partial charge on any atom is 0.337 e. The Bertz CT molecular complexity index is 661. The van der Waals surface area contributed by atoms with E-state index in [1.807, 2.05) is 12.1 Å². The summed E-state index contributed by atoms with van der Waals surface area (Å²) in [4.78, 5) is 16.2. The molecule has 5 heteroatoms. The summed E-state index contributed by atoms with van der Waals surface area (Å²) in [6.07, 6.45) is 1.46. The molecule has 4 nitrogen and oxygen atoms in total. The lowest BCUT2D eigenvalue weighted by atomic mass is 9.87. The van der Waals surface area contributed by atoms with Crippen LogP contribution in [0.5, 0.6) is 0 Å². The number of carboxylic acids is 1. The summed E-state index contributed by atoms with van der Waals surface area (Å²) in [5.41, 5.74) is 7.50. The van der Waals surface area contributed by atoms with Crippen LogP contribution < -0.4 is 5.73 Å². The zero-order chi connectivity index (χ0) is 15.6.